The highest BCUT2D eigenvalue weighted by molar-refractivity contribution is 5.79. The lowest BCUT2D eigenvalue weighted by Crippen LogP contribution is -2.51. The van der Waals surface area contributed by atoms with Crippen molar-refractivity contribution in [3.05, 3.63) is 24.3 Å². The van der Waals surface area contributed by atoms with Gasteiger partial charge in [0.1, 0.15) is 0 Å². The smallest absolute Gasteiger partial charge is 0.329 e. The number of carbonyl (C=O) groups is 1. The number of aromatic nitrogens is 2. The quantitative estimate of drug-likeness (QED) is 0.814. The fourth-order valence-electron chi connectivity index (χ4n) is 2.63. The first-order valence-electron chi connectivity index (χ1n) is 6.90. The minimum Gasteiger partial charge on any atom is -0.480 e. The summed E-state index contributed by atoms with van der Waals surface area (Å²) in [5.41, 5.74) is -0.699. The molecular formula is C14H21N3O2. The second-order valence-corrected chi connectivity index (χ2v) is 5.35. The molecule has 1 aromatic heterocycles. The van der Waals surface area contributed by atoms with Crippen LogP contribution in [0.1, 0.15) is 51.1 Å². The van der Waals surface area contributed by atoms with E-state index in [9.17, 15) is 9.90 Å². The summed E-state index contributed by atoms with van der Waals surface area (Å²) in [4.78, 5) is 19.8. The van der Waals surface area contributed by atoms with Crippen molar-refractivity contribution in [2.24, 2.45) is 0 Å². The SMILES string of the molecule is CC(NC1CCCCCC1)(C(=O)O)c1cnccn1. The Morgan fingerprint density at radius 1 is 1.32 bits per heavy atom. The predicted molar refractivity (Wildman–Crippen MR) is 71.6 cm³/mol. The molecule has 2 rings (SSSR count). The van der Waals surface area contributed by atoms with Crippen LogP contribution in [-0.2, 0) is 10.3 Å². The summed E-state index contributed by atoms with van der Waals surface area (Å²) in [6.45, 7) is 1.67. The molecule has 104 valence electrons. The van der Waals surface area contributed by atoms with E-state index >= 15 is 0 Å². The van der Waals surface area contributed by atoms with Gasteiger partial charge in [-0.1, -0.05) is 25.7 Å². The monoisotopic (exact) mass is 263 g/mol. The Bertz CT molecular complexity index is 416. The fourth-order valence-corrected chi connectivity index (χ4v) is 2.63. The lowest BCUT2D eigenvalue weighted by atomic mass is 9.95. The molecule has 5 nitrogen and oxygen atoms in total. The molecule has 0 spiro atoms. The van der Waals surface area contributed by atoms with Gasteiger partial charge in [-0.15, -0.1) is 0 Å². The van der Waals surface area contributed by atoms with Crippen LogP contribution >= 0.6 is 0 Å². The maximum atomic E-state index is 11.7. The summed E-state index contributed by atoms with van der Waals surface area (Å²) in [6.07, 6.45) is 11.5. The van der Waals surface area contributed by atoms with Crippen molar-refractivity contribution in [2.75, 3.05) is 0 Å². The average molecular weight is 263 g/mol. The molecule has 1 unspecified atom stereocenters. The molecule has 1 fully saturated rings. The first-order chi connectivity index (χ1) is 9.13. The Balaban J connectivity index is 2.17. The largest absolute Gasteiger partial charge is 0.480 e. The van der Waals surface area contributed by atoms with E-state index in [1.165, 1.54) is 25.2 Å². The fraction of sp³-hybridized carbons (Fsp3) is 0.643. The van der Waals surface area contributed by atoms with Crippen molar-refractivity contribution in [3.8, 4) is 0 Å². The number of hydrogen-bond donors (Lipinski definition) is 2. The zero-order chi connectivity index (χ0) is 13.7. The minimum atomic E-state index is -1.16. The van der Waals surface area contributed by atoms with E-state index in [4.69, 9.17) is 0 Å². The number of hydrogen-bond acceptors (Lipinski definition) is 4. The highest BCUT2D eigenvalue weighted by atomic mass is 16.4. The van der Waals surface area contributed by atoms with E-state index in [0.717, 1.165) is 25.7 Å². The molecule has 0 aromatic carbocycles. The van der Waals surface area contributed by atoms with Crippen LogP contribution < -0.4 is 5.32 Å². The molecule has 1 aliphatic carbocycles. The third-order valence-electron chi connectivity index (χ3n) is 3.85. The van der Waals surface area contributed by atoms with Crippen LogP contribution in [0.5, 0.6) is 0 Å². The summed E-state index contributed by atoms with van der Waals surface area (Å²) in [5, 5.41) is 12.8. The summed E-state index contributed by atoms with van der Waals surface area (Å²) < 4.78 is 0. The van der Waals surface area contributed by atoms with Gasteiger partial charge in [-0.25, -0.2) is 4.79 Å². The van der Waals surface area contributed by atoms with Gasteiger partial charge in [0.05, 0.1) is 11.9 Å². The third kappa shape index (κ3) is 3.29. The van der Waals surface area contributed by atoms with Gasteiger partial charge in [0, 0.05) is 18.4 Å². The Morgan fingerprint density at radius 3 is 2.53 bits per heavy atom. The molecule has 2 N–H and O–H groups in total. The molecule has 0 saturated heterocycles. The Hall–Kier alpha value is -1.49. The predicted octanol–water partition coefficient (Wildman–Crippen LogP) is 2.09. The average Bonchev–Trinajstić information content (AvgIpc) is 2.68. The molecule has 0 aliphatic heterocycles. The van der Waals surface area contributed by atoms with Crippen molar-refractivity contribution in [1.82, 2.24) is 15.3 Å². The number of carboxylic acid groups (broad SMARTS) is 1. The van der Waals surface area contributed by atoms with Gasteiger partial charge < -0.3 is 5.11 Å². The summed E-state index contributed by atoms with van der Waals surface area (Å²) in [6, 6.07) is 0.241. The molecule has 19 heavy (non-hydrogen) atoms. The van der Waals surface area contributed by atoms with Gasteiger partial charge in [-0.3, -0.25) is 15.3 Å². The van der Waals surface area contributed by atoms with E-state index in [1.54, 1.807) is 13.1 Å². The maximum absolute atomic E-state index is 11.7. The van der Waals surface area contributed by atoms with Gasteiger partial charge in [-0.2, -0.15) is 0 Å². The molecule has 1 aromatic rings. The molecule has 1 atom stereocenters. The Morgan fingerprint density at radius 2 is 2.00 bits per heavy atom. The summed E-state index contributed by atoms with van der Waals surface area (Å²) in [7, 11) is 0. The first-order valence-corrected chi connectivity index (χ1v) is 6.90. The maximum Gasteiger partial charge on any atom is 0.329 e. The topological polar surface area (TPSA) is 75.1 Å². The van der Waals surface area contributed by atoms with Crippen LogP contribution in [0.25, 0.3) is 0 Å². The molecule has 1 saturated carbocycles. The van der Waals surface area contributed by atoms with Crippen molar-refractivity contribution in [2.45, 2.75) is 57.0 Å². The van der Waals surface area contributed by atoms with Crippen LogP contribution in [0.2, 0.25) is 0 Å². The second-order valence-electron chi connectivity index (χ2n) is 5.35. The molecule has 1 aliphatic rings. The number of nitrogens with zero attached hydrogens (tertiary/aromatic N) is 2. The van der Waals surface area contributed by atoms with Gasteiger partial charge in [0.25, 0.3) is 0 Å². The zero-order valence-electron chi connectivity index (χ0n) is 11.3. The number of nitrogens with one attached hydrogen (secondary N) is 1. The van der Waals surface area contributed by atoms with Crippen molar-refractivity contribution < 1.29 is 9.90 Å². The molecule has 1 heterocycles. The standard InChI is InChI=1S/C14H21N3O2/c1-14(13(18)19,12-10-15-8-9-16-12)17-11-6-4-2-3-5-7-11/h8-11,17H,2-7H2,1H3,(H,18,19). The Kier molecular flexibility index (Phi) is 4.47. The minimum absolute atomic E-state index is 0.241. The van der Waals surface area contributed by atoms with E-state index in [0.29, 0.717) is 5.69 Å². The number of carboxylic acids is 1. The van der Waals surface area contributed by atoms with Crippen molar-refractivity contribution >= 4 is 5.97 Å². The van der Waals surface area contributed by atoms with Crippen LogP contribution in [0.4, 0.5) is 0 Å². The van der Waals surface area contributed by atoms with E-state index in [-0.39, 0.29) is 6.04 Å². The van der Waals surface area contributed by atoms with E-state index < -0.39 is 11.5 Å². The molecule has 0 amide bonds. The normalized spacial score (nSPS) is 20.5. The van der Waals surface area contributed by atoms with Crippen LogP contribution in [0.3, 0.4) is 0 Å². The van der Waals surface area contributed by atoms with Gasteiger partial charge in [0.2, 0.25) is 0 Å². The highest BCUT2D eigenvalue weighted by Crippen LogP contribution is 2.24. The van der Waals surface area contributed by atoms with Gasteiger partial charge in [-0.05, 0) is 19.8 Å². The lowest BCUT2D eigenvalue weighted by Gasteiger charge is -2.30. The zero-order valence-corrected chi connectivity index (χ0v) is 11.3. The van der Waals surface area contributed by atoms with Gasteiger partial charge in [0.15, 0.2) is 5.54 Å². The van der Waals surface area contributed by atoms with E-state index in [2.05, 4.69) is 15.3 Å². The lowest BCUT2D eigenvalue weighted by molar-refractivity contribution is -0.145. The third-order valence-corrected chi connectivity index (χ3v) is 3.85. The van der Waals surface area contributed by atoms with Crippen LogP contribution in [0, 0.1) is 0 Å². The Labute approximate surface area is 113 Å². The van der Waals surface area contributed by atoms with Crippen molar-refractivity contribution in [1.29, 1.82) is 0 Å². The second kappa shape index (κ2) is 6.10. The molecule has 5 heteroatoms. The number of rotatable bonds is 4. The van der Waals surface area contributed by atoms with Gasteiger partial charge >= 0.3 is 5.97 Å². The number of aliphatic carboxylic acids is 1. The van der Waals surface area contributed by atoms with E-state index in [1.807, 2.05) is 0 Å². The molecule has 0 bridgehead atoms. The van der Waals surface area contributed by atoms with Crippen molar-refractivity contribution in [3.63, 3.8) is 0 Å². The van der Waals surface area contributed by atoms with Crippen LogP contribution in [0.15, 0.2) is 18.6 Å². The molecule has 0 radical (unpaired) electrons. The summed E-state index contributed by atoms with van der Waals surface area (Å²) >= 11 is 0. The first kappa shape index (κ1) is 13.9. The van der Waals surface area contributed by atoms with Crippen LogP contribution in [-0.4, -0.2) is 27.1 Å². The molecular weight excluding hydrogens is 242 g/mol. The summed E-state index contributed by atoms with van der Waals surface area (Å²) in [5.74, 6) is -0.905. The highest BCUT2D eigenvalue weighted by Gasteiger charge is 2.38.